The van der Waals surface area contributed by atoms with Crippen molar-refractivity contribution in [3.63, 3.8) is 0 Å². The quantitative estimate of drug-likeness (QED) is 0.662. The maximum Gasteiger partial charge on any atom is 0.0314 e. The fourth-order valence-electron chi connectivity index (χ4n) is 1.46. The Labute approximate surface area is 89.3 Å². The summed E-state index contributed by atoms with van der Waals surface area (Å²) in [5.74, 6) is 0. The summed E-state index contributed by atoms with van der Waals surface area (Å²) in [6.45, 7) is 1.75. The second kappa shape index (κ2) is 4.66. The summed E-state index contributed by atoms with van der Waals surface area (Å²) in [5, 5.41) is 3.36. The molecule has 1 aromatic carbocycles. The third-order valence-corrected chi connectivity index (χ3v) is 2.30. The van der Waals surface area contributed by atoms with Crippen molar-refractivity contribution < 1.29 is 0 Å². The number of benzene rings is 1. The Kier molecular flexibility index (Phi) is 3.05. The van der Waals surface area contributed by atoms with Gasteiger partial charge in [-0.05, 0) is 29.3 Å². The first-order valence-electron chi connectivity index (χ1n) is 5.01. The fourth-order valence-corrected chi connectivity index (χ4v) is 1.46. The third-order valence-electron chi connectivity index (χ3n) is 2.30. The lowest BCUT2D eigenvalue weighted by atomic mass is 10.2. The van der Waals surface area contributed by atoms with E-state index in [1.807, 2.05) is 36.7 Å². The van der Waals surface area contributed by atoms with Crippen LogP contribution in [-0.2, 0) is 13.1 Å². The fraction of sp³-hybridized carbons (Fsp3) is 0.167. The zero-order valence-electron chi connectivity index (χ0n) is 8.53. The molecule has 0 unspecified atom stereocenters. The van der Waals surface area contributed by atoms with Gasteiger partial charge in [-0.1, -0.05) is 12.1 Å². The molecule has 0 aliphatic carbocycles. The zero-order chi connectivity index (χ0) is 10.5. The van der Waals surface area contributed by atoms with Crippen LogP contribution in [0.4, 0.5) is 5.69 Å². The Balaban J connectivity index is 1.81. The zero-order valence-corrected chi connectivity index (χ0v) is 8.53. The lowest BCUT2D eigenvalue weighted by Crippen LogP contribution is -2.12. The van der Waals surface area contributed by atoms with Crippen molar-refractivity contribution >= 4 is 5.69 Å². The Bertz CT molecular complexity index is 389. The molecule has 0 amide bonds. The molecule has 0 aliphatic heterocycles. The first-order chi connectivity index (χ1) is 7.34. The Morgan fingerprint density at radius 3 is 2.40 bits per heavy atom. The van der Waals surface area contributed by atoms with Crippen LogP contribution < -0.4 is 11.1 Å². The second-order valence-electron chi connectivity index (χ2n) is 3.56. The Morgan fingerprint density at radius 2 is 1.73 bits per heavy atom. The van der Waals surface area contributed by atoms with Crippen molar-refractivity contribution in [2.24, 2.45) is 0 Å². The summed E-state index contributed by atoms with van der Waals surface area (Å²) < 4.78 is 0. The van der Waals surface area contributed by atoms with E-state index in [2.05, 4.69) is 16.4 Å². The SMILES string of the molecule is Nc1ccc(CNCc2cc[nH]c2)cc1. The number of nitrogen functional groups attached to an aromatic ring is 1. The number of hydrogen-bond acceptors (Lipinski definition) is 2. The molecule has 15 heavy (non-hydrogen) atoms. The molecule has 2 rings (SSSR count). The first-order valence-corrected chi connectivity index (χ1v) is 5.01. The molecule has 4 N–H and O–H groups in total. The highest BCUT2D eigenvalue weighted by Crippen LogP contribution is 2.05. The number of rotatable bonds is 4. The van der Waals surface area contributed by atoms with Crippen LogP contribution in [0.5, 0.6) is 0 Å². The summed E-state index contributed by atoms with van der Waals surface area (Å²) in [4.78, 5) is 3.03. The summed E-state index contributed by atoms with van der Waals surface area (Å²) in [5.41, 5.74) is 8.94. The van der Waals surface area contributed by atoms with E-state index >= 15 is 0 Å². The molecule has 0 bridgehead atoms. The summed E-state index contributed by atoms with van der Waals surface area (Å²) >= 11 is 0. The molecule has 78 valence electrons. The van der Waals surface area contributed by atoms with Crippen molar-refractivity contribution in [1.29, 1.82) is 0 Å². The number of hydrogen-bond donors (Lipinski definition) is 3. The summed E-state index contributed by atoms with van der Waals surface area (Å²) in [6.07, 6.45) is 3.93. The molecule has 0 fully saturated rings. The molecule has 3 heteroatoms. The van der Waals surface area contributed by atoms with E-state index in [4.69, 9.17) is 5.73 Å². The average Bonchev–Trinajstić information content (AvgIpc) is 2.74. The van der Waals surface area contributed by atoms with Crippen molar-refractivity contribution in [2.75, 3.05) is 5.73 Å². The van der Waals surface area contributed by atoms with Crippen LogP contribution in [0, 0.1) is 0 Å². The van der Waals surface area contributed by atoms with Crippen LogP contribution in [0.2, 0.25) is 0 Å². The number of anilines is 1. The largest absolute Gasteiger partial charge is 0.399 e. The standard InChI is InChI=1S/C12H15N3/c13-12-3-1-10(2-4-12)7-15-9-11-5-6-14-8-11/h1-6,8,14-15H,7,9,13H2. The molecule has 1 heterocycles. The van der Waals surface area contributed by atoms with Gasteiger partial charge in [0.15, 0.2) is 0 Å². The molecule has 0 spiro atoms. The molecule has 3 nitrogen and oxygen atoms in total. The molecule has 2 aromatic rings. The number of aromatic nitrogens is 1. The predicted octanol–water partition coefficient (Wildman–Crippen LogP) is 1.89. The van der Waals surface area contributed by atoms with Gasteiger partial charge in [-0.3, -0.25) is 0 Å². The topological polar surface area (TPSA) is 53.8 Å². The maximum absolute atomic E-state index is 5.61. The molecule has 0 saturated carbocycles. The van der Waals surface area contributed by atoms with Crippen molar-refractivity contribution in [1.82, 2.24) is 10.3 Å². The Hall–Kier alpha value is -1.74. The van der Waals surface area contributed by atoms with Crippen LogP contribution >= 0.6 is 0 Å². The molecule has 0 saturated heterocycles. The number of nitrogens with one attached hydrogen (secondary N) is 2. The van der Waals surface area contributed by atoms with Gasteiger partial charge in [-0.15, -0.1) is 0 Å². The van der Waals surface area contributed by atoms with E-state index in [9.17, 15) is 0 Å². The number of aromatic amines is 1. The van der Waals surface area contributed by atoms with E-state index in [0.29, 0.717) is 0 Å². The van der Waals surface area contributed by atoms with Crippen LogP contribution in [0.1, 0.15) is 11.1 Å². The molecular formula is C12H15N3. The van der Waals surface area contributed by atoms with E-state index in [1.54, 1.807) is 0 Å². The van der Waals surface area contributed by atoms with Gasteiger partial charge >= 0.3 is 0 Å². The lowest BCUT2D eigenvalue weighted by molar-refractivity contribution is 0.694. The van der Waals surface area contributed by atoms with Gasteiger partial charge in [0.25, 0.3) is 0 Å². The minimum absolute atomic E-state index is 0.810. The van der Waals surface area contributed by atoms with Crippen LogP contribution in [0.3, 0.4) is 0 Å². The lowest BCUT2D eigenvalue weighted by Gasteiger charge is -2.03. The highest BCUT2D eigenvalue weighted by molar-refractivity contribution is 5.39. The normalized spacial score (nSPS) is 10.4. The van der Waals surface area contributed by atoms with Gasteiger partial charge in [0, 0.05) is 31.2 Å². The van der Waals surface area contributed by atoms with Gasteiger partial charge in [0.2, 0.25) is 0 Å². The monoisotopic (exact) mass is 201 g/mol. The molecule has 0 aliphatic rings. The molecule has 0 radical (unpaired) electrons. The Morgan fingerprint density at radius 1 is 1.00 bits per heavy atom. The van der Waals surface area contributed by atoms with Crippen LogP contribution in [-0.4, -0.2) is 4.98 Å². The van der Waals surface area contributed by atoms with Gasteiger partial charge in [-0.2, -0.15) is 0 Å². The van der Waals surface area contributed by atoms with Crippen molar-refractivity contribution in [2.45, 2.75) is 13.1 Å². The van der Waals surface area contributed by atoms with E-state index in [0.717, 1.165) is 18.8 Å². The predicted molar refractivity (Wildman–Crippen MR) is 62.2 cm³/mol. The molecule has 1 aromatic heterocycles. The second-order valence-corrected chi connectivity index (χ2v) is 3.56. The maximum atomic E-state index is 5.61. The van der Waals surface area contributed by atoms with E-state index in [-0.39, 0.29) is 0 Å². The highest BCUT2D eigenvalue weighted by Gasteiger charge is 1.94. The minimum Gasteiger partial charge on any atom is -0.399 e. The number of H-pyrrole nitrogens is 1. The van der Waals surface area contributed by atoms with Gasteiger partial charge in [0.1, 0.15) is 0 Å². The van der Waals surface area contributed by atoms with Crippen LogP contribution in [0.15, 0.2) is 42.7 Å². The van der Waals surface area contributed by atoms with Crippen molar-refractivity contribution in [3.05, 3.63) is 53.9 Å². The molecule has 0 atom stereocenters. The van der Waals surface area contributed by atoms with E-state index in [1.165, 1.54) is 11.1 Å². The third kappa shape index (κ3) is 2.86. The highest BCUT2D eigenvalue weighted by atomic mass is 14.9. The van der Waals surface area contributed by atoms with Gasteiger partial charge < -0.3 is 16.0 Å². The number of nitrogens with two attached hydrogens (primary N) is 1. The van der Waals surface area contributed by atoms with Gasteiger partial charge in [0.05, 0.1) is 0 Å². The van der Waals surface area contributed by atoms with Gasteiger partial charge in [-0.25, -0.2) is 0 Å². The van der Waals surface area contributed by atoms with Crippen molar-refractivity contribution in [3.8, 4) is 0 Å². The summed E-state index contributed by atoms with van der Waals surface area (Å²) in [7, 11) is 0. The smallest absolute Gasteiger partial charge is 0.0314 e. The average molecular weight is 201 g/mol. The van der Waals surface area contributed by atoms with Crippen LogP contribution in [0.25, 0.3) is 0 Å². The minimum atomic E-state index is 0.810. The van der Waals surface area contributed by atoms with E-state index < -0.39 is 0 Å². The first kappa shape index (κ1) is 9.80. The molecular weight excluding hydrogens is 186 g/mol. The summed E-state index contributed by atoms with van der Waals surface area (Å²) in [6, 6.07) is 10.00.